The van der Waals surface area contributed by atoms with Gasteiger partial charge in [-0.2, -0.15) is 5.26 Å². The number of rotatable bonds is 4. The van der Waals surface area contributed by atoms with Crippen molar-refractivity contribution in [2.45, 2.75) is 19.8 Å². The highest BCUT2D eigenvalue weighted by atomic mass is 127. The molecule has 1 aliphatic rings. The molecule has 0 saturated heterocycles. The number of non-ortho nitro benzene ring substituents is 1. The van der Waals surface area contributed by atoms with Crippen LogP contribution in [-0.4, -0.2) is 22.6 Å². The van der Waals surface area contributed by atoms with Crippen molar-refractivity contribution < 1.29 is 24.3 Å². The first-order chi connectivity index (χ1) is 12.2. The fraction of sp³-hybridized carbons (Fsp3) is 0.250. The van der Waals surface area contributed by atoms with Crippen LogP contribution in [0, 0.1) is 25.0 Å². The number of esters is 1. The molecule has 26 heavy (non-hydrogen) atoms. The molecule has 1 aromatic carbocycles. The Kier molecular flexibility index (Phi) is 5.71. The number of carbonyl (C=O) groups excluding carboxylic acids is 1. The third-order valence-electron chi connectivity index (χ3n) is 3.70. The third-order valence-corrected chi connectivity index (χ3v) is 4.52. The van der Waals surface area contributed by atoms with E-state index in [4.69, 9.17) is 15.2 Å². The van der Waals surface area contributed by atoms with Gasteiger partial charge < -0.3 is 20.3 Å². The van der Waals surface area contributed by atoms with Gasteiger partial charge in [-0.3, -0.25) is 10.1 Å². The van der Waals surface area contributed by atoms with Crippen LogP contribution in [0.4, 0.5) is 5.69 Å². The fourth-order valence-corrected chi connectivity index (χ4v) is 3.23. The summed E-state index contributed by atoms with van der Waals surface area (Å²) in [6.45, 7) is 3.14. The predicted octanol–water partition coefficient (Wildman–Crippen LogP) is 2.55. The average molecular weight is 471 g/mol. The summed E-state index contributed by atoms with van der Waals surface area (Å²) in [6, 6.07) is 4.13. The lowest BCUT2D eigenvalue weighted by Crippen LogP contribution is -2.25. The second-order valence-electron chi connectivity index (χ2n) is 5.24. The molecule has 0 saturated carbocycles. The molecule has 3 N–H and O–H groups in total. The second kappa shape index (κ2) is 7.61. The van der Waals surface area contributed by atoms with Gasteiger partial charge in [0, 0.05) is 17.7 Å². The maximum atomic E-state index is 12.4. The Bertz CT molecular complexity index is 900. The van der Waals surface area contributed by atoms with E-state index in [1.54, 1.807) is 29.5 Å². The minimum atomic E-state index is -1.15. The summed E-state index contributed by atoms with van der Waals surface area (Å²) >= 11 is 1.73. The van der Waals surface area contributed by atoms with Crippen LogP contribution in [0.1, 0.15) is 25.3 Å². The zero-order valence-electron chi connectivity index (χ0n) is 13.8. The molecule has 0 bridgehead atoms. The SMILES string of the molecule is CCOC(=O)C1=C(C)OC(N)=C(C#N)C1c1cc([N+](=O)[O-])cc(I)c1O. The van der Waals surface area contributed by atoms with E-state index in [9.17, 15) is 25.3 Å². The number of allylic oxidation sites excluding steroid dienone is 2. The number of carbonyl (C=O) groups is 1. The van der Waals surface area contributed by atoms with Crippen molar-refractivity contribution in [3.63, 3.8) is 0 Å². The van der Waals surface area contributed by atoms with Gasteiger partial charge in [-0.15, -0.1) is 0 Å². The van der Waals surface area contributed by atoms with E-state index in [-0.39, 0.29) is 50.0 Å². The molecule has 1 atom stereocenters. The normalized spacial score (nSPS) is 16.8. The van der Waals surface area contributed by atoms with Crippen LogP contribution in [-0.2, 0) is 14.3 Å². The van der Waals surface area contributed by atoms with Gasteiger partial charge in [-0.1, -0.05) is 0 Å². The highest BCUT2D eigenvalue weighted by molar-refractivity contribution is 14.1. The number of benzene rings is 1. The van der Waals surface area contributed by atoms with Crippen molar-refractivity contribution in [1.82, 2.24) is 0 Å². The standard InChI is InChI=1S/C16H14IN3O6/c1-3-25-16(22)12-7(2)26-15(19)10(6-18)13(12)9-4-8(20(23)24)5-11(17)14(9)21/h4-5,13,21H,3,19H2,1-2H3. The topological polar surface area (TPSA) is 149 Å². The molecule has 0 aliphatic carbocycles. The number of hydrogen-bond acceptors (Lipinski definition) is 8. The van der Waals surface area contributed by atoms with E-state index in [2.05, 4.69) is 0 Å². The van der Waals surface area contributed by atoms with Gasteiger partial charge in [-0.25, -0.2) is 4.79 Å². The van der Waals surface area contributed by atoms with Gasteiger partial charge in [0.15, 0.2) is 0 Å². The Morgan fingerprint density at radius 2 is 2.23 bits per heavy atom. The number of ether oxygens (including phenoxy) is 2. The highest BCUT2D eigenvalue weighted by Gasteiger charge is 2.38. The summed E-state index contributed by atoms with van der Waals surface area (Å²) in [5.41, 5.74) is 5.26. The van der Waals surface area contributed by atoms with Crippen LogP contribution in [0.3, 0.4) is 0 Å². The van der Waals surface area contributed by atoms with Crippen molar-refractivity contribution in [3.05, 3.63) is 54.2 Å². The van der Waals surface area contributed by atoms with Gasteiger partial charge in [0.25, 0.3) is 5.69 Å². The first kappa shape index (κ1) is 19.5. The summed E-state index contributed by atoms with van der Waals surface area (Å²) in [7, 11) is 0. The maximum Gasteiger partial charge on any atom is 0.338 e. The number of nitriles is 1. The molecular formula is C16H14IN3O6. The Morgan fingerprint density at radius 3 is 2.77 bits per heavy atom. The van der Waals surface area contributed by atoms with E-state index in [1.165, 1.54) is 13.0 Å². The monoisotopic (exact) mass is 471 g/mol. The molecule has 0 amide bonds. The molecule has 1 aromatic rings. The van der Waals surface area contributed by atoms with Gasteiger partial charge in [0.2, 0.25) is 5.88 Å². The fourth-order valence-electron chi connectivity index (χ4n) is 2.60. The Labute approximate surface area is 162 Å². The Balaban J connectivity index is 2.80. The molecule has 136 valence electrons. The number of hydrogen-bond donors (Lipinski definition) is 2. The minimum absolute atomic E-state index is 0.00574. The molecule has 10 heteroatoms. The van der Waals surface area contributed by atoms with E-state index in [0.29, 0.717) is 0 Å². The lowest BCUT2D eigenvalue weighted by molar-refractivity contribution is -0.385. The molecule has 9 nitrogen and oxygen atoms in total. The van der Waals surface area contributed by atoms with Crippen molar-refractivity contribution in [3.8, 4) is 11.8 Å². The average Bonchev–Trinajstić information content (AvgIpc) is 2.56. The maximum absolute atomic E-state index is 12.4. The smallest absolute Gasteiger partial charge is 0.338 e. The molecule has 0 fully saturated rings. The van der Waals surface area contributed by atoms with Gasteiger partial charge in [0.1, 0.15) is 23.2 Å². The quantitative estimate of drug-likeness (QED) is 0.295. The first-order valence-electron chi connectivity index (χ1n) is 7.35. The number of nitro groups is 1. The van der Waals surface area contributed by atoms with Gasteiger partial charge in [0.05, 0.1) is 26.6 Å². The van der Waals surface area contributed by atoms with Crippen molar-refractivity contribution in [2.75, 3.05) is 6.61 Å². The third kappa shape index (κ3) is 3.43. The second-order valence-corrected chi connectivity index (χ2v) is 6.40. The van der Waals surface area contributed by atoms with Crippen LogP contribution >= 0.6 is 22.6 Å². The van der Waals surface area contributed by atoms with E-state index in [1.807, 2.05) is 6.07 Å². The summed E-state index contributed by atoms with van der Waals surface area (Å²) in [5.74, 6) is -2.37. The zero-order valence-corrected chi connectivity index (χ0v) is 15.9. The molecular weight excluding hydrogens is 457 g/mol. The van der Waals surface area contributed by atoms with Crippen LogP contribution in [0.25, 0.3) is 0 Å². The molecule has 1 heterocycles. The molecule has 0 radical (unpaired) electrons. The van der Waals surface area contributed by atoms with E-state index in [0.717, 1.165) is 6.07 Å². The van der Waals surface area contributed by atoms with Gasteiger partial charge in [-0.05, 0) is 36.4 Å². The first-order valence-corrected chi connectivity index (χ1v) is 8.43. The molecule has 1 aliphatic heterocycles. The number of phenols is 1. The summed E-state index contributed by atoms with van der Waals surface area (Å²) in [5, 5.41) is 31.1. The van der Waals surface area contributed by atoms with E-state index >= 15 is 0 Å². The van der Waals surface area contributed by atoms with Crippen molar-refractivity contribution in [1.29, 1.82) is 5.26 Å². The number of nitro benzene ring substituents is 1. The predicted molar refractivity (Wildman–Crippen MR) is 97.5 cm³/mol. The molecule has 1 unspecified atom stereocenters. The van der Waals surface area contributed by atoms with Crippen LogP contribution < -0.4 is 5.73 Å². The van der Waals surface area contributed by atoms with Crippen molar-refractivity contribution >= 4 is 34.2 Å². The largest absolute Gasteiger partial charge is 0.507 e. The number of nitrogens with zero attached hydrogens (tertiary/aromatic N) is 2. The van der Waals surface area contributed by atoms with Crippen LogP contribution in [0.5, 0.6) is 5.75 Å². The highest BCUT2D eigenvalue weighted by Crippen LogP contribution is 2.45. The van der Waals surface area contributed by atoms with Crippen LogP contribution in [0.15, 0.2) is 34.9 Å². The minimum Gasteiger partial charge on any atom is -0.507 e. The van der Waals surface area contributed by atoms with Crippen LogP contribution in [0.2, 0.25) is 0 Å². The summed E-state index contributed by atoms with van der Waals surface area (Å²) in [4.78, 5) is 23.0. The molecule has 0 spiro atoms. The Morgan fingerprint density at radius 1 is 1.58 bits per heavy atom. The Hall–Kier alpha value is -2.81. The van der Waals surface area contributed by atoms with Crippen molar-refractivity contribution in [2.24, 2.45) is 5.73 Å². The summed E-state index contributed by atoms with van der Waals surface area (Å²) in [6.07, 6.45) is 0. The number of aromatic hydroxyl groups is 1. The summed E-state index contributed by atoms with van der Waals surface area (Å²) < 4.78 is 10.5. The van der Waals surface area contributed by atoms with E-state index < -0.39 is 16.8 Å². The molecule has 0 aromatic heterocycles. The lowest BCUT2D eigenvalue weighted by Gasteiger charge is -2.27. The van der Waals surface area contributed by atoms with Gasteiger partial charge >= 0.3 is 5.97 Å². The number of phenolic OH excluding ortho intramolecular Hbond substituents is 1. The number of nitrogens with two attached hydrogens (primary N) is 1. The number of halogens is 1. The molecule has 2 rings (SSSR count). The zero-order chi connectivity index (χ0) is 19.6. The lowest BCUT2D eigenvalue weighted by atomic mass is 9.82.